The van der Waals surface area contributed by atoms with Crippen molar-refractivity contribution in [1.29, 1.82) is 5.41 Å². The molecule has 148 valence electrons. The van der Waals surface area contributed by atoms with E-state index < -0.39 is 0 Å². The van der Waals surface area contributed by atoms with Crippen LogP contribution in [0.3, 0.4) is 0 Å². The van der Waals surface area contributed by atoms with Gasteiger partial charge in [-0.1, -0.05) is 97.1 Å². The van der Waals surface area contributed by atoms with E-state index in [2.05, 4.69) is 33.8 Å². The Hall–Kier alpha value is -4.31. The monoisotopic (exact) mass is 400 g/mol. The molecule has 0 aliphatic heterocycles. The fraction of sp³-hybridized carbons (Fsp3) is 0. The summed E-state index contributed by atoms with van der Waals surface area (Å²) >= 11 is 0. The summed E-state index contributed by atoms with van der Waals surface area (Å²) < 4.78 is 2.08. The summed E-state index contributed by atoms with van der Waals surface area (Å²) in [5, 5.41) is 10.8. The van der Waals surface area contributed by atoms with Crippen LogP contribution in [0.25, 0.3) is 21.8 Å². The average Bonchev–Trinajstić information content (AvgIpc) is 3.16. The van der Waals surface area contributed by atoms with Crippen molar-refractivity contribution in [2.45, 2.75) is 0 Å². The van der Waals surface area contributed by atoms with E-state index in [0.29, 0.717) is 5.84 Å². The Morgan fingerprint density at radius 1 is 0.613 bits per heavy atom. The first kappa shape index (κ1) is 18.7. The summed E-state index contributed by atoms with van der Waals surface area (Å²) in [4.78, 5) is 9.31. The number of aliphatic imine (C=N–C) groups is 2. The van der Waals surface area contributed by atoms with Crippen LogP contribution < -0.4 is 0 Å². The first-order valence-corrected chi connectivity index (χ1v) is 10.1. The largest absolute Gasteiger partial charge is 0.300 e. The lowest BCUT2D eigenvalue weighted by atomic mass is 10.2. The Morgan fingerprint density at radius 2 is 1.10 bits per heavy atom. The maximum absolute atomic E-state index is 8.46. The van der Waals surface area contributed by atoms with Crippen molar-refractivity contribution in [2.24, 2.45) is 9.98 Å². The van der Waals surface area contributed by atoms with Gasteiger partial charge in [0.2, 0.25) is 0 Å². The summed E-state index contributed by atoms with van der Waals surface area (Å²) in [5.41, 5.74) is 3.78. The molecule has 0 atom stereocenters. The molecule has 1 aromatic heterocycles. The smallest absolute Gasteiger partial charge is 0.163 e. The molecule has 5 rings (SSSR count). The second-order valence-electron chi connectivity index (χ2n) is 7.16. The molecule has 1 heterocycles. The molecule has 31 heavy (non-hydrogen) atoms. The highest BCUT2D eigenvalue weighted by Crippen LogP contribution is 2.27. The van der Waals surface area contributed by atoms with Crippen molar-refractivity contribution in [2.75, 3.05) is 0 Å². The number of nitrogens with zero attached hydrogens (tertiary/aromatic N) is 3. The standard InChI is InChI=1S/C27H20N4/c28-26(20-11-3-1-4-12-20)30-27(21-13-5-2-6-14-21)29-19-31-24-17-9-7-15-22(24)23-16-8-10-18-25(23)31/h1-19,28H/b28-26?,29-19+,30-27-. The minimum absolute atomic E-state index is 0.179. The van der Waals surface area contributed by atoms with Gasteiger partial charge in [0.05, 0.1) is 11.0 Å². The van der Waals surface area contributed by atoms with Crippen LogP contribution in [-0.4, -0.2) is 22.6 Å². The zero-order valence-electron chi connectivity index (χ0n) is 16.8. The van der Waals surface area contributed by atoms with E-state index in [-0.39, 0.29) is 5.84 Å². The summed E-state index contributed by atoms with van der Waals surface area (Å²) in [6.07, 6.45) is 1.80. The van der Waals surface area contributed by atoms with Crippen molar-refractivity contribution in [1.82, 2.24) is 4.57 Å². The van der Waals surface area contributed by atoms with Gasteiger partial charge in [-0.05, 0) is 12.1 Å². The van der Waals surface area contributed by atoms with Crippen LogP contribution >= 0.6 is 0 Å². The van der Waals surface area contributed by atoms with Crippen molar-refractivity contribution in [3.63, 3.8) is 0 Å². The number of hydrogen-bond acceptors (Lipinski definition) is 1. The fourth-order valence-corrected chi connectivity index (χ4v) is 3.71. The van der Waals surface area contributed by atoms with Crippen molar-refractivity contribution >= 4 is 39.8 Å². The number of amidine groups is 2. The highest BCUT2D eigenvalue weighted by atomic mass is 15.1. The second-order valence-corrected chi connectivity index (χ2v) is 7.16. The van der Waals surface area contributed by atoms with Gasteiger partial charge >= 0.3 is 0 Å². The van der Waals surface area contributed by atoms with Gasteiger partial charge in [-0.15, -0.1) is 0 Å². The van der Waals surface area contributed by atoms with Gasteiger partial charge in [0.25, 0.3) is 0 Å². The molecule has 4 nitrogen and oxygen atoms in total. The maximum Gasteiger partial charge on any atom is 0.163 e. The topological polar surface area (TPSA) is 53.5 Å². The van der Waals surface area contributed by atoms with E-state index in [1.54, 1.807) is 6.34 Å². The van der Waals surface area contributed by atoms with E-state index >= 15 is 0 Å². The Morgan fingerprint density at radius 3 is 1.68 bits per heavy atom. The molecule has 4 heteroatoms. The summed E-state index contributed by atoms with van der Waals surface area (Å²) in [7, 11) is 0. The summed E-state index contributed by atoms with van der Waals surface area (Å²) in [6, 6.07) is 35.9. The minimum atomic E-state index is 0.179. The number of aromatic nitrogens is 1. The molecule has 0 saturated carbocycles. The molecule has 5 aromatic rings. The molecule has 0 radical (unpaired) electrons. The Balaban J connectivity index is 1.64. The lowest BCUT2D eigenvalue weighted by molar-refractivity contribution is 1.31. The fourth-order valence-electron chi connectivity index (χ4n) is 3.71. The third-order valence-corrected chi connectivity index (χ3v) is 5.21. The molecule has 1 N–H and O–H groups in total. The quantitative estimate of drug-likeness (QED) is 0.279. The Bertz CT molecular complexity index is 1370. The van der Waals surface area contributed by atoms with E-state index in [1.165, 1.54) is 10.8 Å². The Labute approximate surface area is 180 Å². The number of hydrogen-bond donors (Lipinski definition) is 1. The third-order valence-electron chi connectivity index (χ3n) is 5.21. The van der Waals surface area contributed by atoms with Crippen LogP contribution in [0, 0.1) is 5.41 Å². The SMILES string of the molecule is N=C(/N=C(\N=C\n1c2ccccc2c2ccccc21)c1ccccc1)c1ccccc1. The van der Waals surface area contributed by atoms with Crippen LogP contribution in [0.2, 0.25) is 0 Å². The number of fused-ring (bicyclic) bond motifs is 3. The normalized spacial score (nSPS) is 12.1. The lowest BCUT2D eigenvalue weighted by Crippen LogP contribution is -2.06. The average molecular weight is 400 g/mol. The highest BCUT2D eigenvalue weighted by Gasteiger charge is 2.09. The Kier molecular flexibility index (Phi) is 4.95. The number of para-hydroxylation sites is 2. The molecule has 0 amide bonds. The van der Waals surface area contributed by atoms with E-state index in [4.69, 9.17) is 10.4 Å². The zero-order chi connectivity index (χ0) is 21.0. The molecule has 0 bridgehead atoms. The summed E-state index contributed by atoms with van der Waals surface area (Å²) in [5.74, 6) is 0.676. The second kappa shape index (κ2) is 8.20. The van der Waals surface area contributed by atoms with Crippen LogP contribution in [0.4, 0.5) is 0 Å². The van der Waals surface area contributed by atoms with Gasteiger partial charge in [-0.25, -0.2) is 9.98 Å². The van der Waals surface area contributed by atoms with Gasteiger partial charge in [0.15, 0.2) is 11.7 Å². The minimum Gasteiger partial charge on any atom is -0.300 e. The first-order chi connectivity index (χ1) is 15.3. The van der Waals surface area contributed by atoms with Crippen molar-refractivity contribution in [3.8, 4) is 0 Å². The molecule has 0 spiro atoms. The van der Waals surface area contributed by atoms with E-state index in [9.17, 15) is 0 Å². The molecular weight excluding hydrogens is 380 g/mol. The number of benzene rings is 4. The molecule has 0 saturated heterocycles. The van der Waals surface area contributed by atoms with Crippen LogP contribution in [-0.2, 0) is 0 Å². The van der Waals surface area contributed by atoms with Gasteiger partial charge in [0, 0.05) is 21.9 Å². The predicted molar refractivity (Wildman–Crippen MR) is 130 cm³/mol. The van der Waals surface area contributed by atoms with Crippen molar-refractivity contribution < 1.29 is 0 Å². The third kappa shape index (κ3) is 3.67. The van der Waals surface area contributed by atoms with Crippen LogP contribution in [0.1, 0.15) is 11.1 Å². The zero-order valence-corrected chi connectivity index (χ0v) is 16.8. The highest BCUT2D eigenvalue weighted by molar-refractivity contribution is 6.15. The van der Waals surface area contributed by atoms with E-state index in [1.807, 2.05) is 84.9 Å². The lowest BCUT2D eigenvalue weighted by Gasteiger charge is -2.05. The predicted octanol–water partition coefficient (Wildman–Crippen LogP) is 6.14. The van der Waals surface area contributed by atoms with Crippen LogP contribution in [0.15, 0.2) is 119 Å². The molecule has 0 aliphatic rings. The molecule has 0 aliphatic carbocycles. The maximum atomic E-state index is 8.46. The molecular formula is C27H20N4. The van der Waals surface area contributed by atoms with Gasteiger partial charge in [-0.2, -0.15) is 0 Å². The van der Waals surface area contributed by atoms with E-state index in [0.717, 1.165) is 22.2 Å². The molecule has 0 unspecified atom stereocenters. The number of nitrogens with one attached hydrogen (secondary N) is 1. The summed E-state index contributed by atoms with van der Waals surface area (Å²) in [6.45, 7) is 0. The van der Waals surface area contributed by atoms with Gasteiger partial charge in [-0.3, -0.25) is 9.98 Å². The van der Waals surface area contributed by atoms with Gasteiger partial charge < -0.3 is 0 Å². The first-order valence-electron chi connectivity index (χ1n) is 10.1. The van der Waals surface area contributed by atoms with Gasteiger partial charge in [0.1, 0.15) is 6.34 Å². The molecule has 0 fully saturated rings. The number of rotatable bonds is 3. The van der Waals surface area contributed by atoms with Crippen LogP contribution in [0.5, 0.6) is 0 Å². The van der Waals surface area contributed by atoms with Crippen molar-refractivity contribution in [3.05, 3.63) is 120 Å². The molecule has 4 aromatic carbocycles.